The Morgan fingerprint density at radius 1 is 1.29 bits per heavy atom. The van der Waals surface area contributed by atoms with Crippen LogP contribution in [0.15, 0.2) is 30.3 Å². The highest BCUT2D eigenvalue weighted by Gasteiger charge is 1.98. The molecule has 1 aromatic rings. The van der Waals surface area contributed by atoms with Crippen LogP contribution < -0.4 is 10.6 Å². The molecule has 0 aliphatic heterocycles. The monoisotopic (exact) mass is 192 g/mol. The molecule has 1 rings (SSSR count). The molecule has 0 radical (unpaired) electrons. The largest absolute Gasteiger partial charge is 0.351 e. The first-order valence-electron chi connectivity index (χ1n) is 4.84. The SMILES string of the molecule is CCNCC(=O)NCc1ccccc1. The molecule has 0 saturated heterocycles. The van der Waals surface area contributed by atoms with Crippen molar-refractivity contribution >= 4 is 5.91 Å². The van der Waals surface area contributed by atoms with E-state index >= 15 is 0 Å². The number of rotatable bonds is 5. The Kier molecular flexibility index (Phi) is 4.72. The summed E-state index contributed by atoms with van der Waals surface area (Å²) in [5.74, 6) is 0.0377. The van der Waals surface area contributed by atoms with Gasteiger partial charge in [-0.3, -0.25) is 4.79 Å². The van der Waals surface area contributed by atoms with Gasteiger partial charge in [-0.25, -0.2) is 0 Å². The Balaban J connectivity index is 2.24. The predicted octanol–water partition coefficient (Wildman–Crippen LogP) is 0.912. The van der Waals surface area contributed by atoms with Gasteiger partial charge in [-0.15, -0.1) is 0 Å². The van der Waals surface area contributed by atoms with E-state index in [0.717, 1.165) is 12.1 Å². The summed E-state index contributed by atoms with van der Waals surface area (Å²) >= 11 is 0. The zero-order valence-corrected chi connectivity index (χ0v) is 8.42. The second kappa shape index (κ2) is 6.16. The van der Waals surface area contributed by atoms with Crippen molar-refractivity contribution in [2.24, 2.45) is 0 Å². The van der Waals surface area contributed by atoms with Crippen LogP contribution in [0.5, 0.6) is 0 Å². The zero-order chi connectivity index (χ0) is 10.2. The molecule has 14 heavy (non-hydrogen) atoms. The molecule has 3 heteroatoms. The molecule has 0 fully saturated rings. The first kappa shape index (κ1) is 10.7. The van der Waals surface area contributed by atoms with Crippen LogP contribution in [0.1, 0.15) is 12.5 Å². The summed E-state index contributed by atoms with van der Waals surface area (Å²) in [5, 5.41) is 5.80. The van der Waals surface area contributed by atoms with Gasteiger partial charge in [0, 0.05) is 6.54 Å². The molecule has 1 aromatic carbocycles. The third-order valence-electron chi connectivity index (χ3n) is 1.87. The van der Waals surface area contributed by atoms with E-state index in [9.17, 15) is 4.79 Å². The van der Waals surface area contributed by atoms with E-state index in [4.69, 9.17) is 0 Å². The maximum absolute atomic E-state index is 11.2. The van der Waals surface area contributed by atoms with Gasteiger partial charge in [0.2, 0.25) is 5.91 Å². The lowest BCUT2D eigenvalue weighted by molar-refractivity contribution is -0.120. The molecule has 76 valence electrons. The molecular weight excluding hydrogens is 176 g/mol. The fourth-order valence-electron chi connectivity index (χ4n) is 1.10. The van der Waals surface area contributed by atoms with Crippen molar-refractivity contribution in [1.29, 1.82) is 0 Å². The number of likely N-dealkylation sites (N-methyl/N-ethyl adjacent to an activating group) is 1. The quantitative estimate of drug-likeness (QED) is 0.728. The highest BCUT2D eigenvalue weighted by Crippen LogP contribution is 1.96. The molecule has 3 nitrogen and oxygen atoms in total. The van der Waals surface area contributed by atoms with Gasteiger partial charge in [0.1, 0.15) is 0 Å². The highest BCUT2D eigenvalue weighted by atomic mass is 16.1. The minimum absolute atomic E-state index is 0.0377. The van der Waals surface area contributed by atoms with Gasteiger partial charge in [-0.1, -0.05) is 37.3 Å². The van der Waals surface area contributed by atoms with E-state index in [0.29, 0.717) is 13.1 Å². The lowest BCUT2D eigenvalue weighted by Crippen LogP contribution is -2.33. The van der Waals surface area contributed by atoms with Gasteiger partial charge >= 0.3 is 0 Å². The van der Waals surface area contributed by atoms with Crippen LogP contribution in [0.4, 0.5) is 0 Å². The summed E-state index contributed by atoms with van der Waals surface area (Å²) in [5.41, 5.74) is 1.12. The van der Waals surface area contributed by atoms with E-state index in [1.165, 1.54) is 0 Å². The zero-order valence-electron chi connectivity index (χ0n) is 8.42. The van der Waals surface area contributed by atoms with Gasteiger partial charge in [0.25, 0.3) is 0 Å². The van der Waals surface area contributed by atoms with Crippen molar-refractivity contribution in [3.63, 3.8) is 0 Å². The lowest BCUT2D eigenvalue weighted by atomic mass is 10.2. The summed E-state index contributed by atoms with van der Waals surface area (Å²) in [4.78, 5) is 11.2. The van der Waals surface area contributed by atoms with Gasteiger partial charge in [0.15, 0.2) is 0 Å². The first-order chi connectivity index (χ1) is 6.83. The molecule has 0 saturated carbocycles. The fourth-order valence-corrected chi connectivity index (χ4v) is 1.10. The van der Waals surface area contributed by atoms with Gasteiger partial charge < -0.3 is 10.6 Å². The Labute approximate surface area is 84.5 Å². The molecule has 2 N–H and O–H groups in total. The molecule has 0 spiro atoms. The maximum Gasteiger partial charge on any atom is 0.234 e. The highest BCUT2D eigenvalue weighted by molar-refractivity contribution is 5.77. The lowest BCUT2D eigenvalue weighted by Gasteiger charge is -2.05. The van der Waals surface area contributed by atoms with E-state index in [1.54, 1.807) is 0 Å². The molecule has 0 bridgehead atoms. The summed E-state index contributed by atoms with van der Waals surface area (Å²) in [6.45, 7) is 3.79. The number of hydrogen-bond donors (Lipinski definition) is 2. The summed E-state index contributed by atoms with van der Waals surface area (Å²) in [6.07, 6.45) is 0. The van der Waals surface area contributed by atoms with Crippen molar-refractivity contribution in [2.75, 3.05) is 13.1 Å². The Morgan fingerprint density at radius 2 is 2.00 bits per heavy atom. The van der Waals surface area contributed by atoms with Crippen molar-refractivity contribution in [2.45, 2.75) is 13.5 Å². The summed E-state index contributed by atoms with van der Waals surface area (Å²) in [6, 6.07) is 9.88. The fraction of sp³-hybridized carbons (Fsp3) is 0.364. The number of hydrogen-bond acceptors (Lipinski definition) is 2. The molecule has 0 atom stereocenters. The smallest absolute Gasteiger partial charge is 0.234 e. The van der Waals surface area contributed by atoms with Crippen LogP contribution in [-0.2, 0) is 11.3 Å². The van der Waals surface area contributed by atoms with Gasteiger partial charge in [-0.2, -0.15) is 0 Å². The first-order valence-corrected chi connectivity index (χ1v) is 4.84. The predicted molar refractivity (Wildman–Crippen MR) is 56.8 cm³/mol. The minimum Gasteiger partial charge on any atom is -0.351 e. The molecule has 0 aliphatic rings. The average Bonchev–Trinajstić information content (AvgIpc) is 2.25. The maximum atomic E-state index is 11.2. The van der Waals surface area contributed by atoms with Crippen molar-refractivity contribution in [1.82, 2.24) is 10.6 Å². The van der Waals surface area contributed by atoms with E-state index < -0.39 is 0 Å². The standard InChI is InChI=1S/C11H16N2O/c1-2-12-9-11(14)13-8-10-6-4-3-5-7-10/h3-7,12H,2,8-9H2,1H3,(H,13,14). The summed E-state index contributed by atoms with van der Waals surface area (Å²) < 4.78 is 0. The molecule has 0 heterocycles. The van der Waals surface area contributed by atoms with E-state index in [2.05, 4.69) is 10.6 Å². The number of carbonyl (C=O) groups excluding carboxylic acids is 1. The number of amides is 1. The topological polar surface area (TPSA) is 41.1 Å². The number of carbonyl (C=O) groups is 1. The third-order valence-corrected chi connectivity index (χ3v) is 1.87. The Bertz CT molecular complexity index is 272. The number of nitrogens with one attached hydrogen (secondary N) is 2. The van der Waals surface area contributed by atoms with Crippen LogP contribution in [0.3, 0.4) is 0 Å². The second-order valence-electron chi connectivity index (χ2n) is 3.04. The van der Waals surface area contributed by atoms with Crippen molar-refractivity contribution in [3.05, 3.63) is 35.9 Å². The molecule has 1 amide bonds. The summed E-state index contributed by atoms with van der Waals surface area (Å²) in [7, 11) is 0. The Hall–Kier alpha value is -1.35. The van der Waals surface area contributed by atoms with E-state index in [1.807, 2.05) is 37.3 Å². The van der Waals surface area contributed by atoms with Crippen molar-refractivity contribution < 1.29 is 4.79 Å². The third kappa shape index (κ3) is 4.05. The van der Waals surface area contributed by atoms with Crippen LogP contribution >= 0.6 is 0 Å². The number of benzene rings is 1. The van der Waals surface area contributed by atoms with Gasteiger partial charge in [0.05, 0.1) is 6.54 Å². The van der Waals surface area contributed by atoms with Crippen LogP contribution in [0, 0.1) is 0 Å². The normalized spacial score (nSPS) is 9.79. The minimum atomic E-state index is 0.0377. The van der Waals surface area contributed by atoms with Crippen LogP contribution in [-0.4, -0.2) is 19.0 Å². The molecular formula is C11H16N2O. The van der Waals surface area contributed by atoms with E-state index in [-0.39, 0.29) is 5.91 Å². The van der Waals surface area contributed by atoms with Crippen molar-refractivity contribution in [3.8, 4) is 0 Å². The van der Waals surface area contributed by atoms with Crippen LogP contribution in [0.25, 0.3) is 0 Å². The molecule has 0 aromatic heterocycles. The Morgan fingerprint density at radius 3 is 2.64 bits per heavy atom. The average molecular weight is 192 g/mol. The second-order valence-corrected chi connectivity index (χ2v) is 3.04. The van der Waals surface area contributed by atoms with Gasteiger partial charge in [-0.05, 0) is 12.1 Å². The molecule has 0 unspecified atom stereocenters. The molecule has 0 aliphatic carbocycles. The van der Waals surface area contributed by atoms with Crippen LogP contribution in [0.2, 0.25) is 0 Å².